The van der Waals surface area contributed by atoms with Gasteiger partial charge < -0.3 is 15.0 Å². The number of carbonyl (C=O) groups is 2. The number of nitrogens with zero attached hydrogens (tertiary/aromatic N) is 1. The first-order valence-corrected chi connectivity index (χ1v) is 8.87. The largest absolute Gasteiger partial charge is 0.445 e. The average Bonchev–Trinajstić information content (AvgIpc) is 2.65. The molecule has 1 aliphatic heterocycles. The molecule has 5 heteroatoms. The predicted octanol–water partition coefficient (Wildman–Crippen LogP) is 3.34. The van der Waals surface area contributed by atoms with Gasteiger partial charge in [-0.15, -0.1) is 0 Å². The fraction of sp³-hybridized carbons (Fsp3) is 0.579. The summed E-state index contributed by atoms with van der Waals surface area (Å²) in [5.74, 6) is 0.0874. The molecule has 0 radical (unpaired) electrons. The van der Waals surface area contributed by atoms with E-state index in [2.05, 4.69) is 5.32 Å². The lowest BCUT2D eigenvalue weighted by Crippen LogP contribution is -2.52. The summed E-state index contributed by atoms with van der Waals surface area (Å²) < 4.78 is 5.27. The number of ether oxygens (including phenoxy) is 1. The van der Waals surface area contributed by atoms with Crippen molar-refractivity contribution >= 4 is 12.0 Å². The van der Waals surface area contributed by atoms with E-state index in [1.807, 2.05) is 49.1 Å². The molecule has 1 aromatic carbocycles. The molecular weight excluding hydrogens is 304 g/mol. The van der Waals surface area contributed by atoms with Crippen LogP contribution in [0.4, 0.5) is 4.79 Å². The molecule has 1 saturated heterocycles. The molecule has 5 nitrogen and oxygen atoms in total. The van der Waals surface area contributed by atoms with Gasteiger partial charge in [-0.25, -0.2) is 4.79 Å². The van der Waals surface area contributed by atoms with Gasteiger partial charge >= 0.3 is 6.09 Å². The SMILES string of the molecule is CC[C@H](C)[C@H](NC(=O)OCc1ccccc1)C(=O)N1CCCCC1. The molecule has 0 saturated carbocycles. The van der Waals surface area contributed by atoms with Crippen LogP contribution in [-0.4, -0.2) is 36.0 Å². The summed E-state index contributed by atoms with van der Waals surface area (Å²) in [6.07, 6.45) is 3.54. The van der Waals surface area contributed by atoms with Gasteiger partial charge in [-0.1, -0.05) is 50.6 Å². The molecule has 0 aromatic heterocycles. The molecule has 0 unspecified atom stereocenters. The van der Waals surface area contributed by atoms with Crippen molar-refractivity contribution in [3.8, 4) is 0 Å². The lowest BCUT2D eigenvalue weighted by molar-refractivity contribution is -0.135. The quantitative estimate of drug-likeness (QED) is 0.869. The molecule has 24 heavy (non-hydrogen) atoms. The molecule has 132 valence electrons. The maximum atomic E-state index is 12.8. The maximum absolute atomic E-state index is 12.8. The van der Waals surface area contributed by atoms with E-state index in [9.17, 15) is 9.59 Å². The zero-order valence-electron chi connectivity index (χ0n) is 14.7. The van der Waals surface area contributed by atoms with E-state index in [0.29, 0.717) is 0 Å². The van der Waals surface area contributed by atoms with Crippen LogP contribution in [0.25, 0.3) is 0 Å². The zero-order chi connectivity index (χ0) is 17.4. The monoisotopic (exact) mass is 332 g/mol. The van der Waals surface area contributed by atoms with Crippen molar-refractivity contribution in [1.82, 2.24) is 10.2 Å². The van der Waals surface area contributed by atoms with E-state index >= 15 is 0 Å². The molecular formula is C19H28N2O3. The lowest BCUT2D eigenvalue weighted by atomic mass is 9.97. The van der Waals surface area contributed by atoms with Gasteiger partial charge in [0.1, 0.15) is 12.6 Å². The third-order valence-electron chi connectivity index (χ3n) is 4.63. The Hall–Kier alpha value is -2.04. The third-order valence-corrected chi connectivity index (χ3v) is 4.63. The molecule has 0 bridgehead atoms. The van der Waals surface area contributed by atoms with Crippen LogP contribution >= 0.6 is 0 Å². The van der Waals surface area contributed by atoms with E-state index in [1.54, 1.807) is 0 Å². The molecule has 2 atom stereocenters. The Kier molecular flexibility index (Phi) is 7.09. The Bertz CT molecular complexity index is 527. The summed E-state index contributed by atoms with van der Waals surface area (Å²) in [6, 6.07) is 9.00. The standard InChI is InChI=1S/C19H28N2O3/c1-3-15(2)17(18(22)21-12-8-5-9-13-21)20-19(23)24-14-16-10-6-4-7-11-16/h4,6-7,10-11,15,17H,3,5,8-9,12-14H2,1-2H3,(H,20,23)/t15-,17-/m0/s1. The van der Waals surface area contributed by atoms with Crippen LogP contribution in [0.1, 0.15) is 45.1 Å². The second-order valence-corrected chi connectivity index (χ2v) is 6.46. The van der Waals surface area contributed by atoms with Crippen molar-refractivity contribution in [2.45, 2.75) is 52.2 Å². The summed E-state index contributed by atoms with van der Waals surface area (Å²) in [6.45, 7) is 5.79. The van der Waals surface area contributed by atoms with Crippen molar-refractivity contribution in [2.75, 3.05) is 13.1 Å². The summed E-state index contributed by atoms with van der Waals surface area (Å²) >= 11 is 0. The lowest BCUT2D eigenvalue weighted by Gasteiger charge is -2.32. The maximum Gasteiger partial charge on any atom is 0.408 e. The number of amides is 2. The number of alkyl carbamates (subject to hydrolysis) is 1. The van der Waals surface area contributed by atoms with Crippen LogP contribution in [0.5, 0.6) is 0 Å². The smallest absolute Gasteiger partial charge is 0.408 e. The van der Waals surface area contributed by atoms with Gasteiger partial charge in [0.25, 0.3) is 0 Å². The number of benzene rings is 1. The summed E-state index contributed by atoms with van der Waals surface area (Å²) in [5, 5.41) is 2.78. The summed E-state index contributed by atoms with van der Waals surface area (Å²) in [5.41, 5.74) is 0.926. The number of piperidine rings is 1. The molecule has 1 N–H and O–H groups in total. The second kappa shape index (κ2) is 9.30. The Morgan fingerprint density at radius 3 is 2.46 bits per heavy atom. The highest BCUT2D eigenvalue weighted by Gasteiger charge is 2.30. The topological polar surface area (TPSA) is 58.6 Å². The molecule has 2 rings (SSSR count). The molecule has 1 fully saturated rings. The van der Waals surface area contributed by atoms with Gasteiger partial charge in [-0.2, -0.15) is 0 Å². The van der Waals surface area contributed by atoms with E-state index in [0.717, 1.165) is 37.9 Å². The highest BCUT2D eigenvalue weighted by atomic mass is 16.5. The molecule has 0 spiro atoms. The predicted molar refractivity (Wildman–Crippen MR) is 93.4 cm³/mol. The van der Waals surface area contributed by atoms with Crippen molar-refractivity contribution in [2.24, 2.45) is 5.92 Å². The van der Waals surface area contributed by atoms with Crippen LogP contribution in [0, 0.1) is 5.92 Å². The first-order chi connectivity index (χ1) is 11.6. The van der Waals surface area contributed by atoms with Gasteiger partial charge in [-0.05, 0) is 30.7 Å². The highest BCUT2D eigenvalue weighted by molar-refractivity contribution is 5.86. The Morgan fingerprint density at radius 2 is 1.83 bits per heavy atom. The van der Waals surface area contributed by atoms with E-state index < -0.39 is 12.1 Å². The van der Waals surface area contributed by atoms with Gasteiger partial charge in [0.2, 0.25) is 5.91 Å². The van der Waals surface area contributed by atoms with Crippen LogP contribution < -0.4 is 5.32 Å². The molecule has 0 aliphatic carbocycles. The molecule has 1 heterocycles. The third kappa shape index (κ3) is 5.25. The number of nitrogens with one attached hydrogen (secondary N) is 1. The number of carbonyl (C=O) groups excluding carboxylic acids is 2. The Balaban J connectivity index is 1.92. The van der Waals surface area contributed by atoms with Crippen molar-refractivity contribution in [1.29, 1.82) is 0 Å². The van der Waals surface area contributed by atoms with Gasteiger partial charge in [0, 0.05) is 13.1 Å². The fourth-order valence-corrected chi connectivity index (χ4v) is 2.89. The second-order valence-electron chi connectivity index (χ2n) is 6.46. The molecule has 1 aliphatic rings. The van der Waals surface area contributed by atoms with Crippen LogP contribution in [0.15, 0.2) is 30.3 Å². The number of rotatable bonds is 6. The van der Waals surface area contributed by atoms with E-state index in [4.69, 9.17) is 4.74 Å². The summed E-state index contributed by atoms with van der Waals surface area (Å²) in [7, 11) is 0. The highest BCUT2D eigenvalue weighted by Crippen LogP contribution is 2.16. The summed E-state index contributed by atoms with van der Waals surface area (Å²) in [4.78, 5) is 26.8. The van der Waals surface area contributed by atoms with E-state index in [1.165, 1.54) is 6.42 Å². The fourth-order valence-electron chi connectivity index (χ4n) is 2.89. The van der Waals surface area contributed by atoms with Gasteiger partial charge in [-0.3, -0.25) is 4.79 Å². The molecule has 2 amide bonds. The number of likely N-dealkylation sites (tertiary alicyclic amines) is 1. The Labute approximate surface area is 144 Å². The minimum Gasteiger partial charge on any atom is -0.445 e. The van der Waals surface area contributed by atoms with Crippen molar-refractivity contribution in [3.05, 3.63) is 35.9 Å². The minimum atomic E-state index is -0.533. The molecule has 1 aromatic rings. The average molecular weight is 332 g/mol. The van der Waals surface area contributed by atoms with Crippen molar-refractivity contribution < 1.29 is 14.3 Å². The van der Waals surface area contributed by atoms with Crippen molar-refractivity contribution in [3.63, 3.8) is 0 Å². The number of hydrogen-bond acceptors (Lipinski definition) is 3. The normalized spacial score (nSPS) is 17.0. The number of hydrogen-bond donors (Lipinski definition) is 1. The Morgan fingerprint density at radius 1 is 1.17 bits per heavy atom. The van der Waals surface area contributed by atoms with Crippen LogP contribution in [-0.2, 0) is 16.1 Å². The first kappa shape index (κ1) is 18.3. The zero-order valence-corrected chi connectivity index (χ0v) is 14.7. The van der Waals surface area contributed by atoms with Gasteiger partial charge in [0.15, 0.2) is 0 Å². The van der Waals surface area contributed by atoms with Crippen LogP contribution in [0.3, 0.4) is 0 Å². The minimum absolute atomic E-state index is 0.0145. The first-order valence-electron chi connectivity index (χ1n) is 8.87. The van der Waals surface area contributed by atoms with Gasteiger partial charge in [0.05, 0.1) is 0 Å². The van der Waals surface area contributed by atoms with Crippen LogP contribution in [0.2, 0.25) is 0 Å². The van der Waals surface area contributed by atoms with E-state index in [-0.39, 0.29) is 18.4 Å².